The van der Waals surface area contributed by atoms with E-state index in [1.165, 1.54) is 6.33 Å². The molecule has 3 aromatic rings. The van der Waals surface area contributed by atoms with Crippen LogP contribution in [0.15, 0.2) is 61.1 Å². The molecule has 0 bridgehead atoms. The average Bonchev–Trinajstić information content (AvgIpc) is 2.96. The fourth-order valence-corrected chi connectivity index (χ4v) is 5.15. The fourth-order valence-electron chi connectivity index (χ4n) is 5.15. The summed E-state index contributed by atoms with van der Waals surface area (Å²) in [5, 5.41) is 17.9. The maximum Gasteiger partial charge on any atom is 0.270 e. The second-order valence-corrected chi connectivity index (χ2v) is 10.0. The van der Waals surface area contributed by atoms with E-state index in [-0.39, 0.29) is 17.9 Å². The van der Waals surface area contributed by atoms with Crippen molar-refractivity contribution >= 4 is 22.4 Å². The Balaban J connectivity index is 1.71. The van der Waals surface area contributed by atoms with Gasteiger partial charge in [0, 0.05) is 48.8 Å². The SMILES string of the molecule is C=C(C#N)CNc1c(OCCOC)ccc2ccc([C@@H]3C[C@@H](N(C)C)CC[C@@H]3NC(=O)c3ccncn3)cc12. The molecule has 1 aromatic heterocycles. The molecule has 1 aliphatic carbocycles. The molecule has 0 unspecified atom stereocenters. The molecule has 2 N–H and O–H groups in total. The molecule has 0 saturated heterocycles. The summed E-state index contributed by atoms with van der Waals surface area (Å²) >= 11 is 0. The van der Waals surface area contributed by atoms with Crippen LogP contribution in [0.5, 0.6) is 5.75 Å². The highest BCUT2D eigenvalue weighted by molar-refractivity contribution is 5.97. The number of benzene rings is 2. The van der Waals surface area contributed by atoms with Crippen LogP contribution in [0, 0.1) is 11.3 Å². The number of nitriles is 1. The summed E-state index contributed by atoms with van der Waals surface area (Å²) in [6.07, 6.45) is 5.72. The van der Waals surface area contributed by atoms with E-state index in [0.29, 0.717) is 42.8 Å². The third kappa shape index (κ3) is 6.91. The van der Waals surface area contributed by atoms with Crippen LogP contribution in [0.1, 0.15) is 41.2 Å². The van der Waals surface area contributed by atoms with Crippen LogP contribution >= 0.6 is 0 Å². The van der Waals surface area contributed by atoms with Gasteiger partial charge in [0.1, 0.15) is 24.4 Å². The van der Waals surface area contributed by atoms with Crippen molar-refractivity contribution in [2.24, 2.45) is 0 Å². The standard InChI is InChI=1S/C30H36N6O3/c1-20(17-31)18-33-29-25-15-22(6-5-21(25)7-10-28(29)39-14-13-38-4)24-16-23(36(2)3)8-9-26(24)35-30(37)27-11-12-32-19-34-27/h5-7,10-12,15,19,23-24,26,33H,1,8-9,13-14,16,18H2,2-4H3,(H,35,37)/t23-,24-,26-/m0/s1. The van der Waals surface area contributed by atoms with Gasteiger partial charge in [0.2, 0.25) is 0 Å². The second kappa shape index (κ2) is 13.2. The normalized spacial score (nSPS) is 18.9. The van der Waals surface area contributed by atoms with Crippen LogP contribution in [0.3, 0.4) is 0 Å². The minimum absolute atomic E-state index is 0.0444. The number of amides is 1. The Kier molecular flexibility index (Phi) is 9.47. The van der Waals surface area contributed by atoms with E-state index in [9.17, 15) is 10.1 Å². The van der Waals surface area contributed by atoms with Crippen molar-refractivity contribution in [3.8, 4) is 11.8 Å². The Labute approximate surface area is 229 Å². The molecular weight excluding hydrogens is 492 g/mol. The summed E-state index contributed by atoms with van der Waals surface area (Å²) in [4.78, 5) is 23.3. The molecule has 9 heteroatoms. The quantitative estimate of drug-likeness (QED) is 0.282. The third-order valence-corrected chi connectivity index (χ3v) is 7.30. The molecule has 204 valence electrons. The van der Waals surface area contributed by atoms with Crippen LogP contribution in [0.2, 0.25) is 0 Å². The molecule has 0 aliphatic heterocycles. The molecule has 0 spiro atoms. The number of methoxy groups -OCH3 is 1. The first-order chi connectivity index (χ1) is 18.9. The first-order valence-corrected chi connectivity index (χ1v) is 13.1. The average molecular weight is 529 g/mol. The number of nitrogens with one attached hydrogen (secondary N) is 2. The number of anilines is 1. The van der Waals surface area contributed by atoms with E-state index >= 15 is 0 Å². The number of rotatable bonds is 11. The van der Waals surface area contributed by atoms with Crippen molar-refractivity contribution < 1.29 is 14.3 Å². The lowest BCUT2D eigenvalue weighted by molar-refractivity contribution is 0.0898. The highest BCUT2D eigenvalue weighted by Crippen LogP contribution is 2.39. The third-order valence-electron chi connectivity index (χ3n) is 7.30. The van der Waals surface area contributed by atoms with Crippen molar-refractivity contribution in [1.82, 2.24) is 20.2 Å². The van der Waals surface area contributed by atoms with E-state index in [1.54, 1.807) is 19.4 Å². The van der Waals surface area contributed by atoms with Gasteiger partial charge >= 0.3 is 0 Å². The lowest BCUT2D eigenvalue weighted by Crippen LogP contribution is -2.46. The van der Waals surface area contributed by atoms with Gasteiger partial charge < -0.3 is 25.0 Å². The zero-order valence-corrected chi connectivity index (χ0v) is 22.8. The topological polar surface area (TPSA) is 112 Å². The molecule has 1 heterocycles. The molecule has 2 aromatic carbocycles. The minimum Gasteiger partial charge on any atom is -0.489 e. The summed E-state index contributed by atoms with van der Waals surface area (Å²) < 4.78 is 11.2. The van der Waals surface area contributed by atoms with Crippen LogP contribution in [-0.2, 0) is 4.74 Å². The lowest BCUT2D eigenvalue weighted by atomic mass is 9.76. The zero-order valence-electron chi connectivity index (χ0n) is 22.8. The highest BCUT2D eigenvalue weighted by atomic mass is 16.5. The van der Waals surface area contributed by atoms with Gasteiger partial charge in [0.15, 0.2) is 0 Å². The summed E-state index contributed by atoms with van der Waals surface area (Å²) in [6.45, 7) is 4.99. The Morgan fingerprint density at radius 3 is 2.74 bits per heavy atom. The zero-order chi connectivity index (χ0) is 27.8. The van der Waals surface area contributed by atoms with Gasteiger partial charge in [0.05, 0.1) is 18.4 Å². The van der Waals surface area contributed by atoms with Crippen molar-refractivity contribution in [3.05, 3.63) is 72.3 Å². The number of hydrogen-bond acceptors (Lipinski definition) is 8. The molecule has 0 radical (unpaired) electrons. The van der Waals surface area contributed by atoms with Gasteiger partial charge in [-0.25, -0.2) is 9.97 Å². The monoisotopic (exact) mass is 528 g/mol. The first kappa shape index (κ1) is 28.0. The number of carbonyl (C=O) groups excluding carboxylic acids is 1. The van der Waals surface area contributed by atoms with E-state index in [4.69, 9.17) is 9.47 Å². The predicted octanol–water partition coefficient (Wildman–Crippen LogP) is 4.14. The summed E-state index contributed by atoms with van der Waals surface area (Å²) in [5.74, 6) is 0.592. The Morgan fingerprint density at radius 1 is 1.21 bits per heavy atom. The van der Waals surface area contributed by atoms with Gasteiger partial charge in [-0.05, 0) is 62.5 Å². The molecule has 9 nitrogen and oxygen atoms in total. The Hall–Kier alpha value is -4.00. The van der Waals surface area contributed by atoms with E-state index < -0.39 is 0 Å². The number of hydrogen-bond donors (Lipinski definition) is 2. The summed E-state index contributed by atoms with van der Waals surface area (Å²) in [7, 11) is 5.85. The molecule has 1 aliphatic rings. The molecule has 39 heavy (non-hydrogen) atoms. The summed E-state index contributed by atoms with van der Waals surface area (Å²) in [5.41, 5.74) is 2.74. The van der Waals surface area contributed by atoms with E-state index in [0.717, 1.165) is 41.3 Å². The second-order valence-electron chi connectivity index (χ2n) is 10.0. The van der Waals surface area contributed by atoms with E-state index in [1.807, 2.05) is 12.1 Å². The first-order valence-electron chi connectivity index (χ1n) is 13.1. The largest absolute Gasteiger partial charge is 0.489 e. The predicted molar refractivity (Wildman–Crippen MR) is 152 cm³/mol. The number of ether oxygens (including phenoxy) is 2. The smallest absolute Gasteiger partial charge is 0.270 e. The van der Waals surface area contributed by atoms with Gasteiger partial charge in [-0.3, -0.25) is 4.79 Å². The van der Waals surface area contributed by atoms with Crippen molar-refractivity contribution in [1.29, 1.82) is 5.26 Å². The number of nitrogens with zero attached hydrogens (tertiary/aromatic N) is 4. The number of carbonyl (C=O) groups is 1. The number of fused-ring (bicyclic) bond motifs is 1. The molecule has 1 fully saturated rings. The van der Waals surface area contributed by atoms with Crippen LogP contribution in [0.4, 0.5) is 5.69 Å². The van der Waals surface area contributed by atoms with E-state index in [2.05, 4.69) is 70.4 Å². The van der Waals surface area contributed by atoms with Crippen molar-refractivity contribution in [2.75, 3.05) is 46.3 Å². The molecule has 4 rings (SSSR count). The van der Waals surface area contributed by atoms with Gasteiger partial charge in [-0.1, -0.05) is 24.8 Å². The fraction of sp³-hybridized carbons (Fsp3) is 0.400. The Morgan fingerprint density at radius 2 is 2.03 bits per heavy atom. The van der Waals surface area contributed by atoms with Gasteiger partial charge in [0.25, 0.3) is 5.91 Å². The summed E-state index contributed by atoms with van der Waals surface area (Å²) in [6, 6.07) is 14.5. The number of aromatic nitrogens is 2. The molecule has 1 saturated carbocycles. The molecule has 1 amide bonds. The molecular formula is C30H36N6O3. The van der Waals surface area contributed by atoms with Crippen LogP contribution in [-0.4, -0.2) is 73.8 Å². The van der Waals surface area contributed by atoms with Crippen molar-refractivity contribution in [3.63, 3.8) is 0 Å². The maximum atomic E-state index is 13.0. The lowest BCUT2D eigenvalue weighted by Gasteiger charge is -2.39. The van der Waals surface area contributed by atoms with Gasteiger partial charge in [-0.15, -0.1) is 0 Å². The van der Waals surface area contributed by atoms with Crippen LogP contribution in [0.25, 0.3) is 10.8 Å². The highest BCUT2D eigenvalue weighted by Gasteiger charge is 2.34. The molecule has 3 atom stereocenters. The van der Waals surface area contributed by atoms with Crippen molar-refractivity contribution in [2.45, 2.75) is 37.3 Å². The maximum absolute atomic E-state index is 13.0. The van der Waals surface area contributed by atoms with Crippen LogP contribution < -0.4 is 15.4 Å². The van der Waals surface area contributed by atoms with Gasteiger partial charge in [-0.2, -0.15) is 5.26 Å². The Bertz CT molecular complexity index is 1340. The minimum atomic E-state index is -0.192.